The third kappa shape index (κ3) is 5.42. The fourth-order valence-electron chi connectivity index (χ4n) is 2.48. The van der Waals surface area contributed by atoms with Crippen LogP contribution in [-0.2, 0) is 17.1 Å². The summed E-state index contributed by atoms with van der Waals surface area (Å²) in [6.07, 6.45) is 0. The molecule has 0 fully saturated rings. The Morgan fingerprint density at radius 3 is 2.72 bits per heavy atom. The van der Waals surface area contributed by atoms with E-state index in [2.05, 4.69) is 10.2 Å². The van der Waals surface area contributed by atoms with Crippen molar-refractivity contribution in [2.45, 2.75) is 24.5 Å². The first-order valence-corrected chi connectivity index (χ1v) is 9.96. The molecule has 0 amide bonds. The Hall–Kier alpha value is -2.71. The lowest BCUT2D eigenvalue weighted by Crippen LogP contribution is -2.02. The van der Waals surface area contributed by atoms with Crippen molar-refractivity contribution in [2.75, 3.05) is 14.2 Å². The van der Waals surface area contributed by atoms with Crippen molar-refractivity contribution in [1.29, 1.82) is 0 Å². The van der Waals surface area contributed by atoms with E-state index in [0.29, 0.717) is 39.0 Å². The maximum Gasteiger partial charge on any atom is 0.337 e. The molecule has 0 bridgehead atoms. The number of rotatable bonds is 8. The van der Waals surface area contributed by atoms with Gasteiger partial charge in [0.25, 0.3) is 11.1 Å². The highest BCUT2D eigenvalue weighted by molar-refractivity contribution is 7.98. The van der Waals surface area contributed by atoms with E-state index < -0.39 is 5.97 Å². The molecular formula is C20H19ClN2O5S. The zero-order valence-corrected chi connectivity index (χ0v) is 17.7. The number of hydrogen-bond acceptors (Lipinski definition) is 8. The Bertz CT molecular complexity index is 1010. The molecule has 29 heavy (non-hydrogen) atoms. The van der Waals surface area contributed by atoms with E-state index in [-0.39, 0.29) is 6.61 Å². The SMILES string of the molecule is COC(=O)c1ccc(OC)c(CSc2nnc(COc3ccc(Cl)c(C)c3)o2)c1. The minimum absolute atomic E-state index is 0.149. The van der Waals surface area contributed by atoms with Gasteiger partial charge in [0.05, 0.1) is 19.8 Å². The molecule has 0 aliphatic rings. The second kappa shape index (κ2) is 9.67. The van der Waals surface area contributed by atoms with Crippen molar-refractivity contribution in [2.24, 2.45) is 0 Å². The Labute approximate surface area is 177 Å². The van der Waals surface area contributed by atoms with Gasteiger partial charge in [-0.2, -0.15) is 0 Å². The summed E-state index contributed by atoms with van der Waals surface area (Å²) < 4.78 is 21.4. The van der Waals surface area contributed by atoms with Crippen LogP contribution in [0.3, 0.4) is 0 Å². The number of carbonyl (C=O) groups excluding carboxylic acids is 1. The van der Waals surface area contributed by atoms with Crippen LogP contribution < -0.4 is 9.47 Å². The van der Waals surface area contributed by atoms with Crippen LogP contribution in [-0.4, -0.2) is 30.4 Å². The summed E-state index contributed by atoms with van der Waals surface area (Å²) in [6, 6.07) is 10.5. The predicted molar refractivity (Wildman–Crippen MR) is 109 cm³/mol. The van der Waals surface area contributed by atoms with Crippen LogP contribution in [0.15, 0.2) is 46.0 Å². The lowest BCUT2D eigenvalue weighted by molar-refractivity contribution is 0.0600. The molecule has 2 aromatic carbocycles. The molecular weight excluding hydrogens is 416 g/mol. The highest BCUT2D eigenvalue weighted by Gasteiger charge is 2.13. The molecule has 0 spiro atoms. The molecule has 0 aliphatic carbocycles. The van der Waals surface area contributed by atoms with E-state index in [9.17, 15) is 4.79 Å². The first-order chi connectivity index (χ1) is 14.0. The number of aromatic nitrogens is 2. The maximum absolute atomic E-state index is 11.7. The molecule has 3 rings (SSSR count). The van der Waals surface area contributed by atoms with Gasteiger partial charge in [0.2, 0.25) is 0 Å². The molecule has 1 heterocycles. The van der Waals surface area contributed by atoms with E-state index in [1.807, 2.05) is 13.0 Å². The normalized spacial score (nSPS) is 10.6. The fraction of sp³-hybridized carbons (Fsp3) is 0.250. The summed E-state index contributed by atoms with van der Waals surface area (Å²) in [5, 5.41) is 9.08. The van der Waals surface area contributed by atoms with E-state index in [1.165, 1.54) is 18.9 Å². The van der Waals surface area contributed by atoms with Crippen LogP contribution in [0, 0.1) is 6.92 Å². The second-order valence-electron chi connectivity index (χ2n) is 5.97. The monoisotopic (exact) mass is 434 g/mol. The Balaban J connectivity index is 1.61. The average molecular weight is 435 g/mol. The average Bonchev–Trinajstić information content (AvgIpc) is 3.20. The largest absolute Gasteiger partial charge is 0.496 e. The lowest BCUT2D eigenvalue weighted by Gasteiger charge is -2.09. The van der Waals surface area contributed by atoms with E-state index in [1.54, 1.807) is 37.4 Å². The van der Waals surface area contributed by atoms with Crippen molar-refractivity contribution in [1.82, 2.24) is 10.2 Å². The number of nitrogens with zero attached hydrogens (tertiary/aromatic N) is 2. The van der Waals surface area contributed by atoms with Crippen molar-refractivity contribution in [3.8, 4) is 11.5 Å². The fourth-order valence-corrected chi connectivity index (χ4v) is 3.36. The number of carbonyl (C=O) groups is 1. The zero-order valence-electron chi connectivity index (χ0n) is 16.1. The molecule has 7 nitrogen and oxygen atoms in total. The van der Waals surface area contributed by atoms with E-state index >= 15 is 0 Å². The Morgan fingerprint density at radius 2 is 2.00 bits per heavy atom. The highest BCUT2D eigenvalue weighted by atomic mass is 35.5. The number of benzene rings is 2. The number of aryl methyl sites for hydroxylation is 1. The van der Waals surface area contributed by atoms with Gasteiger partial charge in [0.1, 0.15) is 11.5 Å². The van der Waals surface area contributed by atoms with Crippen LogP contribution in [0.1, 0.15) is 27.4 Å². The summed E-state index contributed by atoms with van der Waals surface area (Å²) in [6.45, 7) is 2.05. The summed E-state index contributed by atoms with van der Waals surface area (Å²) in [5.74, 6) is 1.76. The van der Waals surface area contributed by atoms with Gasteiger partial charge in [-0.1, -0.05) is 23.4 Å². The van der Waals surface area contributed by atoms with Gasteiger partial charge < -0.3 is 18.6 Å². The Kier molecular flexibility index (Phi) is 7.00. The van der Waals surface area contributed by atoms with Crippen LogP contribution >= 0.6 is 23.4 Å². The van der Waals surface area contributed by atoms with Gasteiger partial charge in [0.15, 0.2) is 6.61 Å². The van der Waals surface area contributed by atoms with Crippen molar-refractivity contribution in [3.05, 3.63) is 64.0 Å². The van der Waals surface area contributed by atoms with Crippen LogP contribution in [0.25, 0.3) is 0 Å². The van der Waals surface area contributed by atoms with Crippen LogP contribution in [0.4, 0.5) is 0 Å². The molecule has 1 aromatic heterocycles. The number of halogens is 1. The summed E-state index contributed by atoms with van der Waals surface area (Å²) in [5.41, 5.74) is 2.18. The minimum atomic E-state index is -0.409. The van der Waals surface area contributed by atoms with Crippen LogP contribution in [0.5, 0.6) is 11.5 Å². The summed E-state index contributed by atoms with van der Waals surface area (Å²) in [4.78, 5) is 11.7. The Morgan fingerprint density at radius 1 is 1.17 bits per heavy atom. The van der Waals surface area contributed by atoms with E-state index in [0.717, 1.165) is 11.1 Å². The maximum atomic E-state index is 11.7. The molecule has 0 saturated heterocycles. The highest BCUT2D eigenvalue weighted by Crippen LogP contribution is 2.29. The van der Waals surface area contributed by atoms with Gasteiger partial charge >= 0.3 is 5.97 Å². The number of hydrogen-bond donors (Lipinski definition) is 0. The summed E-state index contributed by atoms with van der Waals surface area (Å²) in [7, 11) is 2.91. The standard InChI is InChI=1S/C20H19ClN2O5S/c1-12-8-15(5-6-16(12)21)27-10-18-22-23-20(28-18)29-11-14-9-13(19(24)26-3)4-7-17(14)25-2/h4-9H,10-11H2,1-3H3. The van der Waals surface area contributed by atoms with Crippen LogP contribution in [0.2, 0.25) is 5.02 Å². The topological polar surface area (TPSA) is 83.7 Å². The van der Waals surface area contributed by atoms with E-state index in [4.69, 9.17) is 30.2 Å². The molecule has 152 valence electrons. The number of methoxy groups -OCH3 is 2. The molecule has 0 radical (unpaired) electrons. The van der Waals surface area contributed by atoms with Gasteiger partial charge in [-0.3, -0.25) is 0 Å². The number of thioether (sulfide) groups is 1. The molecule has 9 heteroatoms. The van der Waals surface area contributed by atoms with Crippen molar-refractivity contribution in [3.63, 3.8) is 0 Å². The van der Waals surface area contributed by atoms with Gasteiger partial charge in [-0.15, -0.1) is 10.2 Å². The zero-order chi connectivity index (χ0) is 20.8. The third-order valence-electron chi connectivity index (χ3n) is 3.99. The van der Waals surface area contributed by atoms with Gasteiger partial charge in [-0.25, -0.2) is 4.79 Å². The predicted octanol–water partition coefficient (Wildman–Crippen LogP) is 4.70. The molecule has 3 aromatic rings. The first kappa shape index (κ1) is 21.0. The van der Waals surface area contributed by atoms with Gasteiger partial charge in [0, 0.05) is 16.3 Å². The molecule has 0 unspecified atom stereocenters. The number of esters is 1. The van der Waals surface area contributed by atoms with Crippen molar-refractivity contribution >= 4 is 29.3 Å². The second-order valence-corrected chi connectivity index (χ2v) is 7.30. The molecule has 0 aliphatic heterocycles. The lowest BCUT2D eigenvalue weighted by atomic mass is 10.1. The van der Waals surface area contributed by atoms with Gasteiger partial charge in [-0.05, 0) is 48.9 Å². The smallest absolute Gasteiger partial charge is 0.337 e. The molecule has 0 N–H and O–H groups in total. The minimum Gasteiger partial charge on any atom is -0.496 e. The number of ether oxygens (including phenoxy) is 3. The van der Waals surface area contributed by atoms with Crippen molar-refractivity contribution < 1.29 is 23.4 Å². The summed E-state index contributed by atoms with van der Waals surface area (Å²) >= 11 is 7.34. The molecule has 0 saturated carbocycles. The first-order valence-electron chi connectivity index (χ1n) is 8.59. The third-order valence-corrected chi connectivity index (χ3v) is 5.28. The molecule has 0 atom stereocenters. The quantitative estimate of drug-likeness (QED) is 0.372.